The highest BCUT2D eigenvalue weighted by atomic mass is 32.2. The van der Waals surface area contributed by atoms with Crippen molar-refractivity contribution in [2.45, 2.75) is 23.8 Å². The van der Waals surface area contributed by atoms with Gasteiger partial charge in [-0.1, -0.05) is 11.8 Å². The molecular formula is C14H17NO4S. The zero-order valence-electron chi connectivity index (χ0n) is 11.2. The lowest BCUT2D eigenvalue weighted by molar-refractivity contribution is 0.0762. The number of β-amino-alcohol motifs (C(OH)–C–C–N with tert-alkyl or cyclic N) is 1. The maximum Gasteiger partial charge on any atom is 0.243 e. The molecule has 1 aliphatic rings. The minimum atomic E-state index is -3.57. The molecule has 0 saturated carbocycles. The Labute approximate surface area is 118 Å². The summed E-state index contributed by atoms with van der Waals surface area (Å²) in [5, 5.41) is 18.5. The van der Waals surface area contributed by atoms with Crippen LogP contribution in [-0.2, 0) is 10.0 Å². The van der Waals surface area contributed by atoms with Crippen LogP contribution < -0.4 is 0 Å². The van der Waals surface area contributed by atoms with Gasteiger partial charge < -0.3 is 10.2 Å². The SMILES string of the molecule is CC1(O)CCN(S(=O)(=O)c2ccc(C#CCO)cc2)C1. The molecule has 2 N–H and O–H groups in total. The van der Waals surface area contributed by atoms with Gasteiger partial charge in [0.2, 0.25) is 10.0 Å². The zero-order chi connectivity index (χ0) is 14.8. The van der Waals surface area contributed by atoms with Crippen molar-refractivity contribution in [2.75, 3.05) is 19.7 Å². The second-order valence-corrected chi connectivity index (χ2v) is 7.01. The summed E-state index contributed by atoms with van der Waals surface area (Å²) >= 11 is 0. The van der Waals surface area contributed by atoms with Crippen LogP contribution in [0, 0.1) is 11.8 Å². The molecule has 1 heterocycles. The average Bonchev–Trinajstić information content (AvgIpc) is 2.78. The molecule has 5 nitrogen and oxygen atoms in total. The first kappa shape index (κ1) is 15.0. The summed E-state index contributed by atoms with van der Waals surface area (Å²) in [5.41, 5.74) is -0.314. The lowest BCUT2D eigenvalue weighted by Crippen LogP contribution is -2.33. The Morgan fingerprint density at radius 2 is 2.00 bits per heavy atom. The fourth-order valence-electron chi connectivity index (χ4n) is 2.11. The van der Waals surface area contributed by atoms with Crippen LogP contribution in [0.15, 0.2) is 29.2 Å². The van der Waals surface area contributed by atoms with E-state index in [1.54, 1.807) is 19.1 Å². The third-order valence-electron chi connectivity index (χ3n) is 3.22. The van der Waals surface area contributed by atoms with Crippen molar-refractivity contribution in [1.82, 2.24) is 4.31 Å². The number of hydrogen-bond donors (Lipinski definition) is 2. The van der Waals surface area contributed by atoms with Gasteiger partial charge in [0.25, 0.3) is 0 Å². The molecule has 0 radical (unpaired) electrons. The van der Waals surface area contributed by atoms with Crippen LogP contribution in [0.3, 0.4) is 0 Å². The summed E-state index contributed by atoms with van der Waals surface area (Å²) in [6, 6.07) is 6.18. The van der Waals surface area contributed by atoms with Crippen molar-refractivity contribution >= 4 is 10.0 Å². The van der Waals surface area contributed by atoms with Gasteiger partial charge >= 0.3 is 0 Å². The van der Waals surface area contributed by atoms with E-state index in [1.807, 2.05) is 0 Å². The van der Waals surface area contributed by atoms with Crippen molar-refractivity contribution in [2.24, 2.45) is 0 Å². The molecule has 108 valence electrons. The van der Waals surface area contributed by atoms with E-state index in [1.165, 1.54) is 16.4 Å². The van der Waals surface area contributed by atoms with Crippen LogP contribution in [0.1, 0.15) is 18.9 Å². The monoisotopic (exact) mass is 295 g/mol. The molecule has 1 fully saturated rings. The van der Waals surface area contributed by atoms with E-state index in [-0.39, 0.29) is 18.0 Å². The predicted molar refractivity (Wildman–Crippen MR) is 74.4 cm³/mol. The van der Waals surface area contributed by atoms with Crippen molar-refractivity contribution in [1.29, 1.82) is 0 Å². The van der Waals surface area contributed by atoms with E-state index in [2.05, 4.69) is 11.8 Å². The van der Waals surface area contributed by atoms with Gasteiger partial charge in [-0.3, -0.25) is 0 Å². The minimum absolute atomic E-state index is 0.113. The highest BCUT2D eigenvalue weighted by Gasteiger charge is 2.38. The van der Waals surface area contributed by atoms with Crippen LogP contribution in [0.2, 0.25) is 0 Å². The third-order valence-corrected chi connectivity index (χ3v) is 5.08. The van der Waals surface area contributed by atoms with Crippen LogP contribution in [0.5, 0.6) is 0 Å². The molecule has 1 saturated heterocycles. The molecule has 1 unspecified atom stereocenters. The largest absolute Gasteiger partial charge is 0.389 e. The lowest BCUT2D eigenvalue weighted by atomic mass is 10.1. The Balaban J connectivity index is 2.22. The number of aliphatic hydroxyl groups excluding tert-OH is 1. The van der Waals surface area contributed by atoms with Crippen molar-refractivity contribution in [3.8, 4) is 11.8 Å². The standard InChI is InChI=1S/C14H17NO4S/c1-14(17)8-9-15(11-14)20(18,19)13-6-4-12(5-7-13)3-2-10-16/h4-7,16-17H,8-11H2,1H3. The fourth-order valence-corrected chi connectivity index (χ4v) is 3.67. The quantitative estimate of drug-likeness (QED) is 0.763. The zero-order valence-corrected chi connectivity index (χ0v) is 12.0. The summed E-state index contributed by atoms with van der Waals surface area (Å²) in [7, 11) is -3.57. The molecule has 20 heavy (non-hydrogen) atoms. The number of rotatable bonds is 2. The third kappa shape index (κ3) is 3.19. The van der Waals surface area contributed by atoms with Gasteiger partial charge in [0.1, 0.15) is 6.61 Å². The number of aliphatic hydroxyl groups is 2. The summed E-state index contributed by atoms with van der Waals surface area (Å²) in [5.74, 6) is 5.21. The molecule has 1 atom stereocenters. The Morgan fingerprint density at radius 3 is 2.50 bits per heavy atom. The molecule has 0 aromatic heterocycles. The molecule has 1 aliphatic heterocycles. The maximum atomic E-state index is 12.4. The summed E-state index contributed by atoms with van der Waals surface area (Å²) in [6.45, 7) is 1.84. The summed E-state index contributed by atoms with van der Waals surface area (Å²) < 4.78 is 26.1. The fraction of sp³-hybridized carbons (Fsp3) is 0.429. The predicted octanol–water partition coefficient (Wildman–Crippen LogP) is 0.176. The number of benzene rings is 1. The first-order chi connectivity index (χ1) is 9.35. The molecule has 0 spiro atoms. The van der Waals surface area contributed by atoms with E-state index in [9.17, 15) is 13.5 Å². The van der Waals surface area contributed by atoms with Gasteiger partial charge in [-0.25, -0.2) is 8.42 Å². The molecule has 2 rings (SSSR count). The number of hydrogen-bond acceptors (Lipinski definition) is 4. The second kappa shape index (κ2) is 5.54. The summed E-state index contributed by atoms with van der Waals surface area (Å²) in [4.78, 5) is 0.185. The van der Waals surface area contributed by atoms with E-state index < -0.39 is 15.6 Å². The first-order valence-corrected chi connectivity index (χ1v) is 7.71. The van der Waals surface area contributed by atoms with E-state index >= 15 is 0 Å². The number of nitrogens with zero attached hydrogens (tertiary/aromatic N) is 1. The van der Waals surface area contributed by atoms with Crippen molar-refractivity contribution in [3.05, 3.63) is 29.8 Å². The van der Waals surface area contributed by atoms with Crippen LogP contribution >= 0.6 is 0 Å². The van der Waals surface area contributed by atoms with Crippen molar-refractivity contribution in [3.63, 3.8) is 0 Å². The Hall–Kier alpha value is -1.39. The van der Waals surface area contributed by atoms with Gasteiger partial charge in [-0.05, 0) is 37.6 Å². The Morgan fingerprint density at radius 1 is 1.35 bits per heavy atom. The van der Waals surface area contributed by atoms with E-state index in [0.29, 0.717) is 18.5 Å². The molecule has 0 amide bonds. The van der Waals surface area contributed by atoms with Gasteiger partial charge in [0.15, 0.2) is 0 Å². The highest BCUT2D eigenvalue weighted by Crippen LogP contribution is 2.26. The van der Waals surface area contributed by atoms with Gasteiger partial charge in [0.05, 0.1) is 10.5 Å². The molecule has 0 aliphatic carbocycles. The van der Waals surface area contributed by atoms with E-state index in [0.717, 1.165) is 0 Å². The van der Waals surface area contributed by atoms with Crippen LogP contribution in [0.25, 0.3) is 0 Å². The van der Waals surface area contributed by atoms with Crippen LogP contribution in [0.4, 0.5) is 0 Å². The summed E-state index contributed by atoms with van der Waals surface area (Å²) in [6.07, 6.45) is 0.437. The molecule has 1 aromatic carbocycles. The highest BCUT2D eigenvalue weighted by molar-refractivity contribution is 7.89. The molecule has 6 heteroatoms. The molecular weight excluding hydrogens is 278 g/mol. The van der Waals surface area contributed by atoms with Crippen LogP contribution in [-0.4, -0.2) is 48.2 Å². The smallest absolute Gasteiger partial charge is 0.243 e. The Kier molecular flexibility index (Phi) is 4.16. The second-order valence-electron chi connectivity index (χ2n) is 5.07. The topological polar surface area (TPSA) is 77.8 Å². The Bertz CT molecular complexity index is 638. The number of sulfonamides is 1. The van der Waals surface area contributed by atoms with Gasteiger partial charge in [0, 0.05) is 18.7 Å². The first-order valence-electron chi connectivity index (χ1n) is 6.27. The van der Waals surface area contributed by atoms with E-state index in [4.69, 9.17) is 5.11 Å². The van der Waals surface area contributed by atoms with Crippen molar-refractivity contribution < 1.29 is 18.6 Å². The lowest BCUT2D eigenvalue weighted by Gasteiger charge is -2.18. The maximum absolute atomic E-state index is 12.4. The van der Waals surface area contributed by atoms with Gasteiger partial charge in [-0.2, -0.15) is 4.31 Å². The average molecular weight is 295 g/mol. The van der Waals surface area contributed by atoms with Gasteiger partial charge in [-0.15, -0.1) is 0 Å². The minimum Gasteiger partial charge on any atom is -0.389 e. The molecule has 0 bridgehead atoms. The molecule has 1 aromatic rings. The normalized spacial score (nSPS) is 23.4.